The molecule has 0 aliphatic rings. The molecule has 162 valence electrons. The minimum absolute atomic E-state index is 0.0765. The third-order valence-electron chi connectivity index (χ3n) is 4.91. The second kappa shape index (κ2) is 8.53. The second-order valence-corrected chi connectivity index (χ2v) is 10.3. The molecule has 10 heteroatoms. The maximum absolute atomic E-state index is 13.1. The van der Waals surface area contributed by atoms with Crippen LogP contribution in [0, 0.1) is 13.8 Å². The molecule has 5 aromatic rings. The summed E-state index contributed by atoms with van der Waals surface area (Å²) in [5.41, 5.74) is 3.66. The van der Waals surface area contributed by atoms with Crippen molar-refractivity contribution in [1.29, 1.82) is 0 Å². The van der Waals surface area contributed by atoms with Gasteiger partial charge in [0.2, 0.25) is 11.7 Å². The Labute approximate surface area is 195 Å². The number of aryl methyl sites for hydroxylation is 2. The molecule has 7 nitrogen and oxygen atoms in total. The Morgan fingerprint density at radius 3 is 2.66 bits per heavy atom. The zero-order chi connectivity index (χ0) is 22.2. The summed E-state index contributed by atoms with van der Waals surface area (Å²) in [7, 11) is 0. The smallest absolute Gasteiger partial charge is 0.273 e. The fourth-order valence-electron chi connectivity index (χ4n) is 3.67. The van der Waals surface area contributed by atoms with E-state index in [2.05, 4.69) is 21.6 Å². The number of carbonyl (C=O) groups excluding carboxylic acids is 1. The van der Waals surface area contributed by atoms with Crippen LogP contribution in [0.3, 0.4) is 0 Å². The zero-order valence-electron chi connectivity index (χ0n) is 17.4. The fraction of sp³-hybridized carbons (Fsp3) is 0.182. The highest BCUT2D eigenvalue weighted by molar-refractivity contribution is 7.99. The number of hydrogen-bond donors (Lipinski definition) is 1. The van der Waals surface area contributed by atoms with Crippen LogP contribution in [0.25, 0.3) is 16.0 Å². The van der Waals surface area contributed by atoms with Gasteiger partial charge in [-0.3, -0.25) is 18.6 Å². The van der Waals surface area contributed by atoms with Crippen LogP contribution in [0.5, 0.6) is 0 Å². The average Bonchev–Trinajstić information content (AvgIpc) is 3.49. The molecular formula is C22H19N5O2S3. The largest absolute Gasteiger partial charge is 0.325 e. The lowest BCUT2D eigenvalue weighted by Crippen LogP contribution is -2.22. The molecule has 1 aromatic carbocycles. The predicted octanol–water partition coefficient (Wildman–Crippen LogP) is 4.56. The summed E-state index contributed by atoms with van der Waals surface area (Å²) in [6.45, 7) is 4.44. The first-order valence-corrected chi connectivity index (χ1v) is 12.6. The van der Waals surface area contributed by atoms with Gasteiger partial charge < -0.3 is 5.32 Å². The molecule has 0 saturated carbocycles. The van der Waals surface area contributed by atoms with Crippen molar-refractivity contribution in [3.63, 3.8) is 0 Å². The van der Waals surface area contributed by atoms with Gasteiger partial charge >= 0.3 is 0 Å². The van der Waals surface area contributed by atoms with E-state index in [1.54, 1.807) is 15.9 Å². The van der Waals surface area contributed by atoms with Gasteiger partial charge in [0.05, 0.1) is 17.8 Å². The van der Waals surface area contributed by atoms with E-state index in [9.17, 15) is 9.59 Å². The van der Waals surface area contributed by atoms with Gasteiger partial charge in [0.25, 0.3) is 5.56 Å². The van der Waals surface area contributed by atoms with Gasteiger partial charge in [-0.15, -0.1) is 32.9 Å². The molecule has 4 aromatic heterocycles. The van der Waals surface area contributed by atoms with Gasteiger partial charge in [0, 0.05) is 10.6 Å². The lowest BCUT2D eigenvalue weighted by atomic mass is 10.1. The Balaban J connectivity index is 1.45. The number of thioether (sulfide) groups is 1. The summed E-state index contributed by atoms with van der Waals surface area (Å²) in [5.74, 6) is 0.542. The molecule has 5 rings (SSSR count). The zero-order valence-corrected chi connectivity index (χ0v) is 19.8. The van der Waals surface area contributed by atoms with E-state index in [1.807, 2.05) is 59.3 Å². The minimum atomic E-state index is -0.120. The van der Waals surface area contributed by atoms with Crippen LogP contribution in [0.2, 0.25) is 0 Å². The molecular weight excluding hydrogens is 462 g/mol. The number of carbonyl (C=O) groups is 1. The highest BCUT2D eigenvalue weighted by Gasteiger charge is 2.19. The van der Waals surface area contributed by atoms with Gasteiger partial charge in [-0.2, -0.15) is 0 Å². The normalized spacial score (nSPS) is 11.4. The number of amides is 1. The van der Waals surface area contributed by atoms with Crippen molar-refractivity contribution in [3.05, 3.63) is 73.5 Å². The van der Waals surface area contributed by atoms with Crippen LogP contribution >= 0.6 is 34.4 Å². The van der Waals surface area contributed by atoms with E-state index >= 15 is 0 Å². The molecule has 0 aliphatic carbocycles. The Hall–Kier alpha value is -2.95. The lowest BCUT2D eigenvalue weighted by molar-refractivity contribution is -0.113. The molecule has 0 spiro atoms. The standard InChI is InChI=1S/C22H19N5O2S3/c1-13-8-14(2)10-15(9-13)23-18(28)12-32-22-25-24-21-26(11-16-4-3-6-30-16)20(29)19-17(27(21)22)5-7-31-19/h3-10H,11-12H2,1-2H3,(H,23,28). The van der Waals surface area contributed by atoms with E-state index in [1.165, 1.54) is 23.1 Å². The van der Waals surface area contributed by atoms with Crippen LogP contribution in [-0.2, 0) is 11.3 Å². The number of nitrogens with one attached hydrogen (secondary N) is 1. The highest BCUT2D eigenvalue weighted by Crippen LogP contribution is 2.25. The molecule has 1 N–H and O–H groups in total. The van der Waals surface area contributed by atoms with E-state index in [4.69, 9.17) is 0 Å². The maximum Gasteiger partial charge on any atom is 0.273 e. The van der Waals surface area contributed by atoms with Crippen LogP contribution in [0.15, 0.2) is 57.1 Å². The van der Waals surface area contributed by atoms with Crippen molar-refractivity contribution >= 4 is 62.0 Å². The summed E-state index contributed by atoms with van der Waals surface area (Å²) in [5, 5.41) is 16.0. The van der Waals surface area contributed by atoms with Crippen molar-refractivity contribution in [2.45, 2.75) is 25.5 Å². The number of anilines is 1. The first kappa shape index (κ1) is 20.9. The number of rotatable bonds is 6. The molecule has 0 atom stereocenters. The number of fused-ring (bicyclic) bond motifs is 3. The molecule has 4 heterocycles. The quantitative estimate of drug-likeness (QED) is 0.360. The van der Waals surface area contributed by atoms with Crippen LogP contribution < -0.4 is 10.9 Å². The molecule has 0 fully saturated rings. The van der Waals surface area contributed by atoms with Gasteiger partial charge in [-0.05, 0) is 60.0 Å². The third-order valence-corrected chi connectivity index (χ3v) is 7.60. The summed E-state index contributed by atoms with van der Waals surface area (Å²) in [6, 6.07) is 11.8. The molecule has 32 heavy (non-hydrogen) atoms. The molecule has 0 bridgehead atoms. The van der Waals surface area contributed by atoms with Crippen LogP contribution in [0.4, 0.5) is 5.69 Å². The second-order valence-electron chi connectivity index (χ2n) is 7.44. The van der Waals surface area contributed by atoms with Crippen LogP contribution in [-0.4, -0.2) is 30.8 Å². The summed E-state index contributed by atoms with van der Waals surface area (Å²) >= 11 is 4.30. The highest BCUT2D eigenvalue weighted by atomic mass is 32.2. The first-order chi connectivity index (χ1) is 15.5. The molecule has 1 amide bonds. The van der Waals surface area contributed by atoms with Crippen molar-refractivity contribution < 1.29 is 4.79 Å². The molecule has 0 unspecified atom stereocenters. The van der Waals surface area contributed by atoms with Gasteiger partial charge in [0.1, 0.15) is 4.70 Å². The van der Waals surface area contributed by atoms with E-state index in [0.717, 1.165) is 27.2 Å². The van der Waals surface area contributed by atoms with Gasteiger partial charge in [-0.25, -0.2) is 0 Å². The molecule has 0 aliphatic heterocycles. The fourth-order valence-corrected chi connectivity index (χ4v) is 5.93. The van der Waals surface area contributed by atoms with E-state index < -0.39 is 0 Å². The van der Waals surface area contributed by atoms with Gasteiger partial charge in [-0.1, -0.05) is 23.9 Å². The summed E-state index contributed by atoms with van der Waals surface area (Å²) < 4.78 is 4.17. The van der Waals surface area contributed by atoms with Crippen molar-refractivity contribution in [1.82, 2.24) is 19.2 Å². The predicted molar refractivity (Wildman–Crippen MR) is 131 cm³/mol. The Bertz CT molecular complexity index is 1480. The van der Waals surface area contributed by atoms with Gasteiger partial charge in [0.15, 0.2) is 5.16 Å². The number of thiophene rings is 2. The first-order valence-electron chi connectivity index (χ1n) is 9.88. The molecule has 0 saturated heterocycles. The summed E-state index contributed by atoms with van der Waals surface area (Å²) in [4.78, 5) is 26.7. The molecule has 0 radical (unpaired) electrons. The van der Waals surface area contributed by atoms with Crippen molar-refractivity contribution in [2.75, 3.05) is 11.1 Å². The topological polar surface area (TPSA) is 81.3 Å². The lowest BCUT2D eigenvalue weighted by Gasteiger charge is -2.09. The monoisotopic (exact) mass is 481 g/mol. The van der Waals surface area contributed by atoms with Crippen LogP contribution in [0.1, 0.15) is 16.0 Å². The Morgan fingerprint density at radius 1 is 1.09 bits per heavy atom. The number of hydrogen-bond acceptors (Lipinski definition) is 7. The number of benzene rings is 1. The average molecular weight is 482 g/mol. The van der Waals surface area contributed by atoms with E-state index in [0.29, 0.717) is 22.2 Å². The number of aromatic nitrogens is 4. The Morgan fingerprint density at radius 2 is 1.91 bits per heavy atom. The maximum atomic E-state index is 13.1. The minimum Gasteiger partial charge on any atom is -0.325 e. The van der Waals surface area contributed by atoms with E-state index in [-0.39, 0.29) is 17.2 Å². The van der Waals surface area contributed by atoms with Crippen molar-refractivity contribution in [3.8, 4) is 0 Å². The Kier molecular flexibility index (Phi) is 5.58. The summed E-state index contributed by atoms with van der Waals surface area (Å²) in [6.07, 6.45) is 0. The van der Waals surface area contributed by atoms with Crippen molar-refractivity contribution in [2.24, 2.45) is 0 Å². The third kappa shape index (κ3) is 3.96. The SMILES string of the molecule is Cc1cc(C)cc(NC(=O)CSc2nnc3n(Cc4cccs4)c(=O)c4sccc4n23)c1. The number of nitrogens with zero attached hydrogens (tertiary/aromatic N) is 4.